The monoisotopic (exact) mass is 231 g/mol. The average Bonchev–Trinajstić information content (AvgIpc) is 2.87. The lowest BCUT2D eigenvalue weighted by molar-refractivity contribution is 0.0594. The third-order valence-electron chi connectivity index (χ3n) is 2.19. The largest absolute Gasteiger partial charge is 0.464 e. The number of esters is 1. The number of pyridine rings is 1. The fourth-order valence-corrected chi connectivity index (χ4v) is 1.34. The number of hydrogen-bond donors (Lipinski definition) is 0. The van der Waals surface area contributed by atoms with Crippen molar-refractivity contribution in [3.8, 4) is 11.3 Å². The summed E-state index contributed by atoms with van der Waals surface area (Å²) >= 11 is 0. The molecule has 0 aliphatic carbocycles. The van der Waals surface area contributed by atoms with Gasteiger partial charge in [-0.15, -0.1) is 0 Å². The minimum atomic E-state index is -0.496. The molecule has 0 N–H and O–H groups in total. The van der Waals surface area contributed by atoms with Crippen molar-refractivity contribution in [1.82, 2.24) is 4.98 Å². The Kier molecular flexibility index (Phi) is 3.00. The van der Waals surface area contributed by atoms with Gasteiger partial charge < -0.3 is 9.15 Å². The van der Waals surface area contributed by atoms with Crippen LogP contribution in [0.5, 0.6) is 0 Å². The second-order valence-electron chi connectivity index (χ2n) is 3.24. The number of furan rings is 1. The lowest BCUT2D eigenvalue weighted by Gasteiger charge is -1.99. The summed E-state index contributed by atoms with van der Waals surface area (Å²) in [6.45, 7) is 0. The molecule has 0 bridgehead atoms. The number of methoxy groups -OCH3 is 1. The highest BCUT2D eigenvalue weighted by molar-refractivity contribution is 5.87. The highest BCUT2D eigenvalue weighted by Gasteiger charge is 2.09. The van der Waals surface area contributed by atoms with Crippen LogP contribution in [0.3, 0.4) is 0 Å². The summed E-state index contributed by atoms with van der Waals surface area (Å²) in [5.74, 6) is 0.276. The van der Waals surface area contributed by atoms with Crippen molar-refractivity contribution < 1.29 is 18.7 Å². The molecule has 2 aromatic heterocycles. The molecule has 0 aliphatic heterocycles. The lowest BCUT2D eigenvalue weighted by atomic mass is 10.2. The second-order valence-corrected chi connectivity index (χ2v) is 3.24. The zero-order valence-electron chi connectivity index (χ0n) is 9.04. The Bertz CT molecular complexity index is 542. The zero-order chi connectivity index (χ0) is 12.3. The summed E-state index contributed by atoms with van der Waals surface area (Å²) in [5.41, 5.74) is 0.907. The van der Waals surface area contributed by atoms with Crippen molar-refractivity contribution in [3.05, 3.63) is 41.9 Å². The molecule has 86 valence electrons. The number of carbonyl (C=O) groups excluding carboxylic acids is 2. The molecule has 0 fully saturated rings. The van der Waals surface area contributed by atoms with Crippen LogP contribution in [0, 0.1) is 0 Å². The molecule has 0 saturated heterocycles. The van der Waals surface area contributed by atoms with Crippen LogP contribution < -0.4 is 0 Å². The maximum Gasteiger partial charge on any atom is 0.356 e. The third-order valence-corrected chi connectivity index (χ3v) is 2.19. The minimum Gasteiger partial charge on any atom is -0.464 e. The number of rotatable bonds is 3. The minimum absolute atomic E-state index is 0.221. The predicted octanol–water partition coefficient (Wildman–Crippen LogP) is 1.94. The fourth-order valence-electron chi connectivity index (χ4n) is 1.34. The average molecular weight is 231 g/mol. The normalized spacial score (nSPS) is 9.94. The summed E-state index contributed by atoms with van der Waals surface area (Å²) in [4.78, 5) is 25.6. The van der Waals surface area contributed by atoms with Crippen molar-refractivity contribution in [2.24, 2.45) is 0 Å². The maximum atomic E-state index is 11.2. The molecule has 2 heterocycles. The number of aromatic nitrogens is 1. The van der Waals surface area contributed by atoms with Crippen LogP contribution >= 0.6 is 0 Å². The van der Waals surface area contributed by atoms with Gasteiger partial charge >= 0.3 is 5.97 Å². The van der Waals surface area contributed by atoms with Crippen LogP contribution in [0.15, 0.2) is 34.9 Å². The summed E-state index contributed by atoms with van der Waals surface area (Å²) in [6.07, 6.45) is 2.11. The van der Waals surface area contributed by atoms with Gasteiger partial charge in [-0.2, -0.15) is 0 Å². The standard InChI is InChI=1S/C12H9NO4/c1-16-12(15)10-4-2-8(6-13-10)11-5-3-9(7-14)17-11/h2-7H,1H3. The first-order valence-electron chi connectivity index (χ1n) is 4.84. The van der Waals surface area contributed by atoms with Gasteiger partial charge in [-0.05, 0) is 24.3 Å². The SMILES string of the molecule is COC(=O)c1ccc(-c2ccc(C=O)o2)cn1. The van der Waals surface area contributed by atoms with Gasteiger partial charge in [-0.25, -0.2) is 9.78 Å². The second kappa shape index (κ2) is 4.61. The highest BCUT2D eigenvalue weighted by Crippen LogP contribution is 2.20. The Balaban J connectivity index is 2.28. The van der Waals surface area contributed by atoms with E-state index in [1.54, 1.807) is 18.2 Å². The highest BCUT2D eigenvalue weighted by atomic mass is 16.5. The maximum absolute atomic E-state index is 11.2. The number of ether oxygens (including phenoxy) is 1. The summed E-state index contributed by atoms with van der Waals surface area (Å²) < 4.78 is 9.75. The van der Waals surface area contributed by atoms with E-state index in [9.17, 15) is 9.59 Å². The molecular formula is C12H9NO4. The van der Waals surface area contributed by atoms with E-state index in [1.807, 2.05) is 0 Å². The Morgan fingerprint density at radius 3 is 2.71 bits per heavy atom. The molecule has 0 radical (unpaired) electrons. The number of nitrogens with zero attached hydrogens (tertiary/aromatic N) is 1. The van der Waals surface area contributed by atoms with Crippen molar-refractivity contribution in [2.75, 3.05) is 7.11 Å². The predicted molar refractivity (Wildman–Crippen MR) is 58.7 cm³/mol. The van der Waals surface area contributed by atoms with Crippen molar-refractivity contribution >= 4 is 12.3 Å². The smallest absolute Gasteiger partial charge is 0.356 e. The topological polar surface area (TPSA) is 69.4 Å². The molecule has 0 saturated carbocycles. The van der Waals surface area contributed by atoms with Gasteiger partial charge in [0.05, 0.1) is 7.11 Å². The van der Waals surface area contributed by atoms with Gasteiger partial charge in [0.25, 0.3) is 0 Å². The third kappa shape index (κ3) is 2.23. The number of carbonyl (C=O) groups is 2. The Labute approximate surface area is 97.0 Å². The first kappa shape index (κ1) is 11.1. The van der Waals surface area contributed by atoms with Crippen LogP contribution in [0.25, 0.3) is 11.3 Å². The number of aldehydes is 1. The van der Waals surface area contributed by atoms with Gasteiger partial charge in [-0.3, -0.25) is 4.79 Å². The van der Waals surface area contributed by atoms with Crippen LogP contribution in [-0.2, 0) is 4.74 Å². The molecule has 0 spiro atoms. The van der Waals surface area contributed by atoms with Gasteiger partial charge in [0.15, 0.2) is 12.0 Å². The molecular weight excluding hydrogens is 222 g/mol. The molecule has 0 aliphatic rings. The van der Waals surface area contributed by atoms with Crippen molar-refractivity contribution in [1.29, 1.82) is 0 Å². The zero-order valence-corrected chi connectivity index (χ0v) is 9.04. The Morgan fingerprint density at radius 1 is 1.35 bits per heavy atom. The fraction of sp³-hybridized carbons (Fsp3) is 0.0833. The van der Waals surface area contributed by atoms with Gasteiger partial charge in [0.1, 0.15) is 11.5 Å². The van der Waals surface area contributed by atoms with E-state index in [1.165, 1.54) is 19.4 Å². The van der Waals surface area contributed by atoms with E-state index in [0.29, 0.717) is 17.6 Å². The number of hydrogen-bond acceptors (Lipinski definition) is 5. The molecule has 0 amide bonds. The molecule has 17 heavy (non-hydrogen) atoms. The van der Waals surface area contributed by atoms with Crippen LogP contribution in [0.1, 0.15) is 21.0 Å². The van der Waals surface area contributed by atoms with Gasteiger partial charge in [0.2, 0.25) is 0 Å². The van der Waals surface area contributed by atoms with E-state index in [-0.39, 0.29) is 11.5 Å². The van der Waals surface area contributed by atoms with Gasteiger partial charge in [0, 0.05) is 11.8 Å². The van der Waals surface area contributed by atoms with Crippen LogP contribution in [0.4, 0.5) is 0 Å². The van der Waals surface area contributed by atoms with Crippen molar-refractivity contribution in [2.45, 2.75) is 0 Å². The quantitative estimate of drug-likeness (QED) is 0.596. The first-order chi connectivity index (χ1) is 8.24. The summed E-state index contributed by atoms with van der Waals surface area (Å²) in [5, 5.41) is 0. The molecule has 0 aromatic carbocycles. The van der Waals surface area contributed by atoms with E-state index in [0.717, 1.165) is 0 Å². The van der Waals surface area contributed by atoms with E-state index in [2.05, 4.69) is 9.72 Å². The summed E-state index contributed by atoms with van der Waals surface area (Å²) in [7, 11) is 1.29. The molecule has 5 heteroatoms. The van der Waals surface area contributed by atoms with Crippen LogP contribution in [-0.4, -0.2) is 24.3 Å². The van der Waals surface area contributed by atoms with E-state index in [4.69, 9.17) is 4.42 Å². The Morgan fingerprint density at radius 2 is 2.18 bits per heavy atom. The van der Waals surface area contributed by atoms with E-state index < -0.39 is 5.97 Å². The lowest BCUT2D eigenvalue weighted by Crippen LogP contribution is -2.03. The molecule has 0 unspecified atom stereocenters. The summed E-state index contributed by atoms with van der Waals surface area (Å²) in [6, 6.07) is 6.44. The van der Waals surface area contributed by atoms with Gasteiger partial charge in [-0.1, -0.05) is 0 Å². The molecule has 5 nitrogen and oxygen atoms in total. The molecule has 2 aromatic rings. The van der Waals surface area contributed by atoms with Crippen LogP contribution in [0.2, 0.25) is 0 Å². The molecule has 0 atom stereocenters. The molecule has 2 rings (SSSR count). The first-order valence-corrected chi connectivity index (χ1v) is 4.84. The van der Waals surface area contributed by atoms with Crippen molar-refractivity contribution in [3.63, 3.8) is 0 Å². The Hall–Kier alpha value is -2.43. The van der Waals surface area contributed by atoms with E-state index >= 15 is 0 Å².